The molecule has 2 N–H and O–H groups in total. The Morgan fingerprint density at radius 1 is 1.21 bits per heavy atom. The minimum Gasteiger partial charge on any atom is -0.506 e. The Labute approximate surface area is 167 Å². The van der Waals surface area contributed by atoms with Crippen molar-refractivity contribution >= 4 is 57.3 Å². The number of hydrogen-bond donors (Lipinski definition) is 2. The van der Waals surface area contributed by atoms with Gasteiger partial charge < -0.3 is 9.84 Å². The lowest BCUT2D eigenvalue weighted by molar-refractivity contribution is -0.123. The maximum atomic E-state index is 11.8. The van der Waals surface area contributed by atoms with Crippen LogP contribution in [0.25, 0.3) is 0 Å². The number of carbonyl (C=O) groups is 1. The van der Waals surface area contributed by atoms with Crippen LogP contribution in [-0.4, -0.2) is 23.8 Å². The molecule has 0 radical (unpaired) electrons. The molecule has 0 spiro atoms. The van der Waals surface area contributed by atoms with Crippen molar-refractivity contribution < 1.29 is 14.6 Å². The topological polar surface area (TPSA) is 70.9 Å². The lowest BCUT2D eigenvalue weighted by Gasteiger charge is -2.07. The third-order valence-electron chi connectivity index (χ3n) is 3.29. The van der Waals surface area contributed by atoms with Gasteiger partial charge in [-0.25, -0.2) is 5.43 Å². The first-order chi connectivity index (χ1) is 11.4. The van der Waals surface area contributed by atoms with Crippen LogP contribution in [0.15, 0.2) is 35.4 Å². The molecule has 0 aromatic heterocycles. The fourth-order valence-corrected chi connectivity index (χ4v) is 3.64. The van der Waals surface area contributed by atoms with Crippen molar-refractivity contribution in [3.63, 3.8) is 0 Å². The molecule has 2 aromatic carbocycles. The Hall–Kier alpha value is -1.36. The number of phenols is 1. The molecule has 0 fully saturated rings. The number of aromatic hydroxyl groups is 1. The highest BCUT2D eigenvalue weighted by molar-refractivity contribution is 14.1. The predicted molar refractivity (Wildman–Crippen MR) is 111 cm³/mol. The number of nitrogens with one attached hydrogen (secondary N) is 1. The van der Waals surface area contributed by atoms with E-state index in [0.29, 0.717) is 5.75 Å². The number of ether oxygens (including phenoxy) is 1. The lowest BCUT2D eigenvalue weighted by Crippen LogP contribution is -2.24. The number of rotatable bonds is 5. The van der Waals surface area contributed by atoms with E-state index in [4.69, 9.17) is 4.74 Å². The maximum absolute atomic E-state index is 11.8. The highest BCUT2D eigenvalue weighted by Gasteiger charge is 2.05. The van der Waals surface area contributed by atoms with Gasteiger partial charge in [-0.3, -0.25) is 4.79 Å². The quantitative estimate of drug-likeness (QED) is 0.339. The van der Waals surface area contributed by atoms with Gasteiger partial charge in [-0.15, -0.1) is 0 Å². The standard InChI is InChI=1S/C17H16I2N2O3/c1-10-3-4-13(5-11(10)2)24-9-16(22)21-20-8-12-6-14(18)17(23)15(19)7-12/h3-8,23H,9H2,1-2H3,(H,21,22)/b20-8+. The average molecular weight is 550 g/mol. The number of hydrogen-bond acceptors (Lipinski definition) is 4. The highest BCUT2D eigenvalue weighted by Crippen LogP contribution is 2.26. The Kier molecular flexibility index (Phi) is 6.84. The van der Waals surface area contributed by atoms with Crippen LogP contribution in [0.4, 0.5) is 0 Å². The van der Waals surface area contributed by atoms with E-state index in [1.54, 1.807) is 12.1 Å². The molecule has 0 unspecified atom stereocenters. The third kappa shape index (κ3) is 5.33. The fraction of sp³-hybridized carbons (Fsp3) is 0.176. The number of carbonyl (C=O) groups excluding carboxylic acids is 1. The van der Waals surface area contributed by atoms with Crippen molar-refractivity contribution in [3.05, 3.63) is 54.2 Å². The molecule has 0 heterocycles. The van der Waals surface area contributed by atoms with Crippen LogP contribution in [0.5, 0.6) is 11.5 Å². The Balaban J connectivity index is 1.87. The molecular weight excluding hydrogens is 534 g/mol. The number of nitrogens with zero attached hydrogens (tertiary/aromatic N) is 1. The molecule has 5 nitrogen and oxygen atoms in total. The summed E-state index contributed by atoms with van der Waals surface area (Å²) >= 11 is 4.08. The molecule has 0 bridgehead atoms. The van der Waals surface area contributed by atoms with Crippen molar-refractivity contribution in [3.8, 4) is 11.5 Å². The van der Waals surface area contributed by atoms with E-state index in [0.717, 1.165) is 18.3 Å². The first kappa shape index (κ1) is 19.0. The Morgan fingerprint density at radius 2 is 1.88 bits per heavy atom. The first-order valence-electron chi connectivity index (χ1n) is 7.07. The van der Waals surface area contributed by atoms with Gasteiger partial charge >= 0.3 is 0 Å². The van der Waals surface area contributed by atoms with Gasteiger partial charge in [0, 0.05) is 0 Å². The fourth-order valence-electron chi connectivity index (χ4n) is 1.82. The minimum absolute atomic E-state index is 0.107. The minimum atomic E-state index is -0.340. The van der Waals surface area contributed by atoms with Gasteiger partial charge in [0.25, 0.3) is 5.91 Å². The summed E-state index contributed by atoms with van der Waals surface area (Å²) < 4.78 is 6.89. The molecule has 7 heteroatoms. The van der Waals surface area contributed by atoms with Gasteiger partial charge in [-0.05, 0) is 100.0 Å². The summed E-state index contributed by atoms with van der Waals surface area (Å²) in [7, 11) is 0. The Morgan fingerprint density at radius 3 is 2.50 bits per heavy atom. The zero-order valence-electron chi connectivity index (χ0n) is 13.1. The second-order valence-corrected chi connectivity index (χ2v) is 7.49. The van der Waals surface area contributed by atoms with Gasteiger partial charge in [0.2, 0.25) is 0 Å². The van der Waals surface area contributed by atoms with Gasteiger partial charge in [0.1, 0.15) is 11.5 Å². The maximum Gasteiger partial charge on any atom is 0.277 e. The van der Waals surface area contributed by atoms with E-state index in [2.05, 4.69) is 10.5 Å². The zero-order valence-corrected chi connectivity index (χ0v) is 17.5. The number of amides is 1. The second kappa shape index (κ2) is 8.65. The molecule has 1 amide bonds. The monoisotopic (exact) mass is 550 g/mol. The molecule has 0 aliphatic heterocycles. The van der Waals surface area contributed by atoms with E-state index >= 15 is 0 Å². The van der Waals surface area contributed by atoms with Crippen molar-refractivity contribution in [2.24, 2.45) is 5.10 Å². The van der Waals surface area contributed by atoms with Crippen LogP contribution >= 0.6 is 45.2 Å². The summed E-state index contributed by atoms with van der Waals surface area (Å²) in [6, 6.07) is 9.23. The summed E-state index contributed by atoms with van der Waals surface area (Å²) in [6.45, 7) is 3.91. The number of hydrazone groups is 1. The molecule has 126 valence electrons. The molecule has 24 heavy (non-hydrogen) atoms. The number of phenolic OH excluding ortho intramolecular Hbond substituents is 1. The van der Waals surface area contributed by atoms with Crippen molar-refractivity contribution in [1.29, 1.82) is 0 Å². The van der Waals surface area contributed by atoms with Crippen LogP contribution in [0.1, 0.15) is 16.7 Å². The normalized spacial score (nSPS) is 10.8. The summed E-state index contributed by atoms with van der Waals surface area (Å²) in [5.74, 6) is 0.562. The van der Waals surface area contributed by atoms with Crippen LogP contribution in [-0.2, 0) is 4.79 Å². The van der Waals surface area contributed by atoms with Crippen molar-refractivity contribution in [2.75, 3.05) is 6.61 Å². The SMILES string of the molecule is Cc1ccc(OCC(=O)N/N=C/c2cc(I)c(O)c(I)c2)cc1C. The number of halogens is 2. The summed E-state index contributed by atoms with van der Waals surface area (Å²) in [5.41, 5.74) is 5.50. The molecular formula is C17H16I2N2O3. The lowest BCUT2D eigenvalue weighted by atomic mass is 10.1. The summed E-state index contributed by atoms with van der Waals surface area (Å²) in [5, 5.41) is 13.6. The molecule has 0 atom stereocenters. The molecule has 0 saturated heterocycles. The third-order valence-corrected chi connectivity index (χ3v) is 4.94. The predicted octanol–water partition coefficient (Wildman–Crippen LogP) is 3.75. The van der Waals surface area contributed by atoms with Crippen molar-refractivity contribution in [2.45, 2.75) is 13.8 Å². The molecule has 2 aromatic rings. The van der Waals surface area contributed by atoms with Gasteiger partial charge in [0.05, 0.1) is 13.4 Å². The van der Waals surface area contributed by atoms with Crippen LogP contribution in [0.3, 0.4) is 0 Å². The van der Waals surface area contributed by atoms with Crippen LogP contribution < -0.4 is 10.2 Å². The molecule has 0 aliphatic carbocycles. The second-order valence-electron chi connectivity index (χ2n) is 5.16. The average Bonchev–Trinajstić information content (AvgIpc) is 2.53. The largest absolute Gasteiger partial charge is 0.506 e. The number of aryl methyl sites for hydroxylation is 2. The van der Waals surface area contributed by atoms with E-state index < -0.39 is 0 Å². The summed E-state index contributed by atoms with van der Waals surface area (Å²) in [4.78, 5) is 11.8. The molecule has 2 rings (SSSR count). The van der Waals surface area contributed by atoms with Crippen LogP contribution in [0.2, 0.25) is 0 Å². The Bertz CT molecular complexity index is 768. The van der Waals surface area contributed by atoms with Crippen molar-refractivity contribution in [1.82, 2.24) is 5.43 Å². The summed E-state index contributed by atoms with van der Waals surface area (Å²) in [6.07, 6.45) is 1.53. The van der Waals surface area contributed by atoms with E-state index in [9.17, 15) is 9.90 Å². The zero-order chi connectivity index (χ0) is 17.7. The van der Waals surface area contributed by atoms with E-state index in [-0.39, 0.29) is 18.3 Å². The highest BCUT2D eigenvalue weighted by atomic mass is 127. The van der Waals surface area contributed by atoms with E-state index in [1.807, 2.05) is 77.2 Å². The number of benzene rings is 2. The molecule has 0 aliphatic rings. The van der Waals surface area contributed by atoms with Gasteiger partial charge in [-0.2, -0.15) is 5.10 Å². The van der Waals surface area contributed by atoms with E-state index in [1.165, 1.54) is 11.8 Å². The van der Waals surface area contributed by atoms with Crippen LogP contribution in [0, 0.1) is 21.0 Å². The van der Waals surface area contributed by atoms with Gasteiger partial charge in [0.15, 0.2) is 6.61 Å². The smallest absolute Gasteiger partial charge is 0.277 e. The molecule has 0 saturated carbocycles. The van der Waals surface area contributed by atoms with Gasteiger partial charge in [-0.1, -0.05) is 6.07 Å². The first-order valence-corrected chi connectivity index (χ1v) is 9.22.